The van der Waals surface area contributed by atoms with E-state index in [0.717, 1.165) is 19.5 Å². The van der Waals surface area contributed by atoms with Crippen LogP contribution in [0.25, 0.3) is 0 Å². The van der Waals surface area contributed by atoms with Crippen molar-refractivity contribution in [3.8, 4) is 0 Å². The molecule has 2 N–H and O–H groups in total. The summed E-state index contributed by atoms with van der Waals surface area (Å²) in [5.41, 5.74) is 0.467. The molecular weight excluding hydrogens is 247 g/mol. The van der Waals surface area contributed by atoms with Gasteiger partial charge in [-0.15, -0.1) is 0 Å². The predicted molar refractivity (Wildman–Crippen MR) is 71.3 cm³/mol. The molecule has 1 aliphatic rings. The Morgan fingerprint density at radius 1 is 1.63 bits per heavy atom. The van der Waals surface area contributed by atoms with Gasteiger partial charge in [-0.3, -0.25) is 9.69 Å². The average Bonchev–Trinajstić information content (AvgIpc) is 2.86. The van der Waals surface area contributed by atoms with Crippen LogP contribution in [0.2, 0.25) is 0 Å². The molecule has 0 bridgehead atoms. The first kappa shape index (κ1) is 14.0. The number of likely N-dealkylation sites (tertiary alicyclic amines) is 1. The Morgan fingerprint density at radius 3 is 3.05 bits per heavy atom. The molecule has 1 fully saturated rings. The molecule has 1 saturated heterocycles. The molecular formula is C14H19FN2O2. The molecule has 2 rings (SSSR count). The molecule has 0 aliphatic carbocycles. The van der Waals surface area contributed by atoms with E-state index >= 15 is 0 Å². The Labute approximate surface area is 112 Å². The molecule has 0 aromatic heterocycles. The Bertz CT molecular complexity index is 453. The number of anilines is 1. The van der Waals surface area contributed by atoms with Gasteiger partial charge in [0.1, 0.15) is 5.82 Å². The Kier molecular flexibility index (Phi) is 4.50. The van der Waals surface area contributed by atoms with Gasteiger partial charge in [0.25, 0.3) is 0 Å². The summed E-state index contributed by atoms with van der Waals surface area (Å²) in [4.78, 5) is 14.1. The zero-order chi connectivity index (χ0) is 13.8. The number of halogens is 1. The second kappa shape index (κ2) is 6.12. The zero-order valence-corrected chi connectivity index (χ0v) is 11.0. The molecule has 1 aromatic rings. The summed E-state index contributed by atoms with van der Waals surface area (Å²) in [5.74, 6) is -0.263. The maximum atomic E-state index is 13.0. The molecule has 4 nitrogen and oxygen atoms in total. The molecule has 0 spiro atoms. The fourth-order valence-corrected chi connectivity index (χ4v) is 2.34. The predicted octanol–water partition coefficient (Wildman–Crippen LogP) is 1.47. The summed E-state index contributed by atoms with van der Waals surface area (Å²) in [6.45, 7) is 3.53. The van der Waals surface area contributed by atoms with Crippen LogP contribution in [0.1, 0.15) is 13.3 Å². The summed E-state index contributed by atoms with van der Waals surface area (Å²) < 4.78 is 13.0. The first-order chi connectivity index (χ1) is 9.10. The van der Waals surface area contributed by atoms with Gasteiger partial charge in [-0.2, -0.15) is 0 Å². The number of aliphatic hydroxyl groups is 1. The second-order valence-corrected chi connectivity index (χ2v) is 5.01. The number of carbonyl (C=O) groups is 1. The summed E-state index contributed by atoms with van der Waals surface area (Å²) in [5, 5.41) is 11.8. The fraction of sp³-hybridized carbons (Fsp3) is 0.500. The number of aliphatic hydroxyl groups excluding tert-OH is 1. The van der Waals surface area contributed by atoms with E-state index < -0.39 is 0 Å². The van der Waals surface area contributed by atoms with E-state index in [9.17, 15) is 9.18 Å². The van der Waals surface area contributed by atoms with Gasteiger partial charge >= 0.3 is 0 Å². The number of carbonyl (C=O) groups excluding carboxylic acids is 1. The van der Waals surface area contributed by atoms with Gasteiger partial charge in [-0.05, 0) is 44.0 Å². The van der Waals surface area contributed by atoms with Crippen LogP contribution in [0.3, 0.4) is 0 Å². The molecule has 5 heteroatoms. The van der Waals surface area contributed by atoms with E-state index in [1.807, 2.05) is 11.8 Å². The lowest BCUT2D eigenvalue weighted by atomic mass is 10.1. The quantitative estimate of drug-likeness (QED) is 0.867. The lowest BCUT2D eigenvalue weighted by Gasteiger charge is -2.23. The van der Waals surface area contributed by atoms with Crippen molar-refractivity contribution in [2.45, 2.75) is 19.4 Å². The number of hydrogen-bond donors (Lipinski definition) is 2. The molecule has 0 radical (unpaired) electrons. The minimum Gasteiger partial charge on any atom is -0.396 e. The van der Waals surface area contributed by atoms with Crippen LogP contribution in [-0.4, -0.2) is 41.7 Å². The number of rotatable bonds is 4. The van der Waals surface area contributed by atoms with Crippen LogP contribution in [0.4, 0.5) is 10.1 Å². The summed E-state index contributed by atoms with van der Waals surface area (Å²) in [6.07, 6.45) is 0.911. The Morgan fingerprint density at radius 2 is 2.42 bits per heavy atom. The zero-order valence-electron chi connectivity index (χ0n) is 11.0. The van der Waals surface area contributed by atoms with Gasteiger partial charge in [0.05, 0.1) is 6.04 Å². The molecule has 1 amide bonds. The fourth-order valence-electron chi connectivity index (χ4n) is 2.34. The van der Waals surface area contributed by atoms with Crippen LogP contribution in [0.5, 0.6) is 0 Å². The van der Waals surface area contributed by atoms with Crippen molar-refractivity contribution < 1.29 is 14.3 Å². The molecule has 1 aromatic carbocycles. The summed E-state index contributed by atoms with van der Waals surface area (Å²) in [6, 6.07) is 5.58. The van der Waals surface area contributed by atoms with Gasteiger partial charge in [0.2, 0.25) is 5.91 Å². The Hall–Kier alpha value is -1.46. The van der Waals surface area contributed by atoms with Crippen molar-refractivity contribution in [2.75, 3.05) is 25.0 Å². The SMILES string of the molecule is CC(C(=O)Nc1cccc(F)c1)N1CCC(CO)C1. The van der Waals surface area contributed by atoms with E-state index in [1.54, 1.807) is 12.1 Å². The van der Waals surface area contributed by atoms with Crippen molar-refractivity contribution in [1.29, 1.82) is 0 Å². The van der Waals surface area contributed by atoms with Gasteiger partial charge in [0, 0.05) is 18.8 Å². The van der Waals surface area contributed by atoms with E-state index in [2.05, 4.69) is 5.32 Å². The lowest BCUT2D eigenvalue weighted by Crippen LogP contribution is -2.40. The summed E-state index contributed by atoms with van der Waals surface area (Å²) in [7, 11) is 0. The van der Waals surface area contributed by atoms with Crippen molar-refractivity contribution in [1.82, 2.24) is 4.90 Å². The van der Waals surface area contributed by atoms with Gasteiger partial charge < -0.3 is 10.4 Å². The highest BCUT2D eigenvalue weighted by Gasteiger charge is 2.29. The monoisotopic (exact) mass is 266 g/mol. The molecule has 1 heterocycles. The molecule has 2 atom stereocenters. The maximum absolute atomic E-state index is 13.0. The molecule has 104 valence electrons. The van der Waals surface area contributed by atoms with Crippen LogP contribution in [0.15, 0.2) is 24.3 Å². The molecule has 0 saturated carbocycles. The number of nitrogens with one attached hydrogen (secondary N) is 1. The van der Waals surface area contributed by atoms with E-state index in [0.29, 0.717) is 5.69 Å². The number of amides is 1. The normalized spacial score (nSPS) is 21.3. The number of nitrogens with zero attached hydrogens (tertiary/aromatic N) is 1. The Balaban J connectivity index is 1.93. The third kappa shape index (κ3) is 3.52. The molecule has 1 aliphatic heterocycles. The highest BCUT2D eigenvalue weighted by Crippen LogP contribution is 2.19. The first-order valence-corrected chi connectivity index (χ1v) is 6.51. The standard InChI is InChI=1S/C14H19FN2O2/c1-10(17-6-5-11(8-17)9-18)14(19)16-13-4-2-3-12(15)7-13/h2-4,7,10-11,18H,5-6,8-9H2,1H3,(H,16,19). The minimum atomic E-state index is -0.369. The summed E-state index contributed by atoms with van der Waals surface area (Å²) >= 11 is 0. The molecule has 2 unspecified atom stereocenters. The minimum absolute atomic E-state index is 0.149. The van der Waals surface area contributed by atoms with Gasteiger partial charge in [0.15, 0.2) is 0 Å². The number of hydrogen-bond acceptors (Lipinski definition) is 3. The topological polar surface area (TPSA) is 52.6 Å². The van der Waals surface area contributed by atoms with Crippen LogP contribution in [-0.2, 0) is 4.79 Å². The van der Waals surface area contributed by atoms with E-state index in [4.69, 9.17) is 5.11 Å². The van der Waals surface area contributed by atoms with Crippen molar-refractivity contribution in [3.63, 3.8) is 0 Å². The number of benzene rings is 1. The van der Waals surface area contributed by atoms with Gasteiger partial charge in [-0.1, -0.05) is 6.07 Å². The smallest absolute Gasteiger partial charge is 0.241 e. The second-order valence-electron chi connectivity index (χ2n) is 5.01. The third-order valence-electron chi connectivity index (χ3n) is 3.59. The van der Waals surface area contributed by atoms with Crippen LogP contribution < -0.4 is 5.32 Å². The highest BCUT2D eigenvalue weighted by atomic mass is 19.1. The first-order valence-electron chi connectivity index (χ1n) is 6.51. The third-order valence-corrected chi connectivity index (χ3v) is 3.59. The highest BCUT2D eigenvalue weighted by molar-refractivity contribution is 5.94. The van der Waals surface area contributed by atoms with Crippen LogP contribution in [0, 0.1) is 11.7 Å². The van der Waals surface area contributed by atoms with Crippen molar-refractivity contribution in [3.05, 3.63) is 30.1 Å². The van der Waals surface area contributed by atoms with E-state index in [-0.39, 0.29) is 30.3 Å². The average molecular weight is 266 g/mol. The molecule has 19 heavy (non-hydrogen) atoms. The van der Waals surface area contributed by atoms with Crippen molar-refractivity contribution >= 4 is 11.6 Å². The maximum Gasteiger partial charge on any atom is 0.241 e. The van der Waals surface area contributed by atoms with E-state index in [1.165, 1.54) is 12.1 Å². The van der Waals surface area contributed by atoms with Crippen LogP contribution >= 0.6 is 0 Å². The lowest BCUT2D eigenvalue weighted by molar-refractivity contribution is -0.120. The largest absolute Gasteiger partial charge is 0.396 e. The van der Waals surface area contributed by atoms with Crippen molar-refractivity contribution in [2.24, 2.45) is 5.92 Å². The van der Waals surface area contributed by atoms with Gasteiger partial charge in [-0.25, -0.2) is 4.39 Å².